The number of anilines is 1. The molecular formula is C30H33N5OS. The van der Waals surface area contributed by atoms with Gasteiger partial charge in [-0.3, -0.25) is 14.7 Å². The van der Waals surface area contributed by atoms with E-state index in [1.165, 1.54) is 5.56 Å². The molecule has 7 heteroatoms. The number of amides is 1. The normalized spacial score (nSPS) is 16.3. The fourth-order valence-corrected chi connectivity index (χ4v) is 5.73. The van der Waals surface area contributed by atoms with E-state index in [1.54, 1.807) is 17.5 Å². The second-order valence-electron chi connectivity index (χ2n) is 9.75. The van der Waals surface area contributed by atoms with Gasteiger partial charge in [-0.15, -0.1) is 11.3 Å². The predicted molar refractivity (Wildman–Crippen MR) is 150 cm³/mol. The lowest BCUT2D eigenvalue weighted by molar-refractivity contribution is 0.102. The summed E-state index contributed by atoms with van der Waals surface area (Å²) in [5.74, 6) is -0.151. The van der Waals surface area contributed by atoms with E-state index in [4.69, 9.17) is 0 Å². The van der Waals surface area contributed by atoms with Gasteiger partial charge < -0.3 is 10.2 Å². The van der Waals surface area contributed by atoms with Crippen LogP contribution in [-0.4, -0.2) is 58.9 Å². The summed E-state index contributed by atoms with van der Waals surface area (Å²) in [4.78, 5) is 27.0. The van der Waals surface area contributed by atoms with Crippen molar-refractivity contribution in [1.29, 1.82) is 0 Å². The first-order valence-electron chi connectivity index (χ1n) is 12.7. The van der Waals surface area contributed by atoms with Crippen molar-refractivity contribution in [2.75, 3.05) is 38.5 Å². The van der Waals surface area contributed by atoms with Gasteiger partial charge in [0, 0.05) is 67.4 Å². The Morgan fingerprint density at radius 3 is 2.46 bits per heavy atom. The fourth-order valence-electron chi connectivity index (χ4n) is 4.94. The van der Waals surface area contributed by atoms with Crippen LogP contribution in [0.1, 0.15) is 56.5 Å². The minimum Gasteiger partial charge on any atom is -0.322 e. The number of likely N-dealkylation sites (N-methyl/N-ethyl adjacent to an activating group) is 1. The van der Waals surface area contributed by atoms with E-state index in [9.17, 15) is 4.79 Å². The third-order valence-electron chi connectivity index (χ3n) is 7.31. The highest BCUT2D eigenvalue weighted by molar-refractivity contribution is 7.09. The summed E-state index contributed by atoms with van der Waals surface area (Å²) < 4.78 is 0. The molecule has 37 heavy (non-hydrogen) atoms. The van der Waals surface area contributed by atoms with Gasteiger partial charge in [0.05, 0.1) is 5.92 Å². The molecular weight excluding hydrogens is 478 g/mol. The highest BCUT2D eigenvalue weighted by atomic mass is 32.1. The number of aromatic nitrogens is 2. The summed E-state index contributed by atoms with van der Waals surface area (Å²) in [7, 11) is 2.17. The molecule has 1 aliphatic heterocycles. The van der Waals surface area contributed by atoms with Crippen molar-refractivity contribution >= 4 is 22.9 Å². The Hall–Kier alpha value is -3.39. The molecule has 4 aromatic rings. The van der Waals surface area contributed by atoms with Gasteiger partial charge in [-0.25, -0.2) is 4.98 Å². The third-order valence-corrected chi connectivity index (χ3v) is 8.15. The van der Waals surface area contributed by atoms with Gasteiger partial charge in [0.2, 0.25) is 0 Å². The van der Waals surface area contributed by atoms with Crippen LogP contribution in [0.25, 0.3) is 0 Å². The van der Waals surface area contributed by atoms with Crippen molar-refractivity contribution in [3.05, 3.63) is 111 Å². The Balaban J connectivity index is 1.34. The molecule has 0 radical (unpaired) electrons. The number of carbonyl (C=O) groups excluding carboxylic acids is 1. The lowest BCUT2D eigenvalue weighted by Crippen LogP contribution is -2.45. The Bertz CT molecular complexity index is 1320. The number of nitrogens with one attached hydrogen (secondary N) is 1. The first kappa shape index (κ1) is 25.3. The average Bonchev–Trinajstić information content (AvgIpc) is 3.46. The molecule has 1 aliphatic rings. The SMILES string of the molecule is Cc1ccc(NC(=O)c2ccc(C(C)N3CCN(C)CC3)cc2)cc1C(c1cccnc1)c1nccs1. The number of rotatable bonds is 7. The molecule has 6 nitrogen and oxygen atoms in total. The Kier molecular flexibility index (Phi) is 7.74. The maximum Gasteiger partial charge on any atom is 0.255 e. The van der Waals surface area contributed by atoms with E-state index < -0.39 is 0 Å². The summed E-state index contributed by atoms with van der Waals surface area (Å²) in [5.41, 5.74) is 5.99. The van der Waals surface area contributed by atoms with E-state index in [0.29, 0.717) is 11.6 Å². The minimum atomic E-state index is -0.110. The molecule has 5 rings (SSSR count). The zero-order valence-electron chi connectivity index (χ0n) is 21.6. The van der Waals surface area contributed by atoms with Crippen molar-refractivity contribution in [2.45, 2.75) is 25.8 Å². The third kappa shape index (κ3) is 5.80. The number of hydrogen-bond acceptors (Lipinski definition) is 6. The van der Waals surface area contributed by atoms with Crippen molar-refractivity contribution < 1.29 is 4.79 Å². The molecule has 1 N–H and O–H groups in total. The van der Waals surface area contributed by atoms with Gasteiger partial charge >= 0.3 is 0 Å². The number of aryl methyl sites for hydroxylation is 1. The van der Waals surface area contributed by atoms with Crippen LogP contribution in [0.15, 0.2) is 78.6 Å². The zero-order chi connectivity index (χ0) is 25.8. The van der Waals surface area contributed by atoms with Gasteiger partial charge in [0.1, 0.15) is 5.01 Å². The molecule has 0 saturated carbocycles. The van der Waals surface area contributed by atoms with E-state index in [0.717, 1.165) is 53.6 Å². The highest BCUT2D eigenvalue weighted by Crippen LogP contribution is 2.36. The summed E-state index contributed by atoms with van der Waals surface area (Å²) in [6, 6.07) is 18.5. The van der Waals surface area contributed by atoms with E-state index >= 15 is 0 Å². The molecule has 190 valence electrons. The van der Waals surface area contributed by atoms with Crippen LogP contribution in [0.4, 0.5) is 5.69 Å². The summed E-state index contributed by atoms with van der Waals surface area (Å²) in [6.07, 6.45) is 5.50. The minimum absolute atomic E-state index is 0.0408. The van der Waals surface area contributed by atoms with Gasteiger partial charge in [-0.2, -0.15) is 0 Å². The standard InChI is InChI=1S/C30H33N5OS/c1-21-6-11-26(19-27(21)28(30-32-13-18-37-30)25-5-4-12-31-20-25)33-29(36)24-9-7-23(8-10-24)22(2)35-16-14-34(3)15-17-35/h4-13,18-20,22,28H,14-17H2,1-3H3,(H,33,36). The largest absolute Gasteiger partial charge is 0.322 e. The number of piperazine rings is 1. The van der Waals surface area contributed by atoms with Crippen LogP contribution < -0.4 is 5.32 Å². The molecule has 3 heterocycles. The highest BCUT2D eigenvalue weighted by Gasteiger charge is 2.23. The fraction of sp³-hybridized carbons (Fsp3) is 0.300. The quantitative estimate of drug-likeness (QED) is 0.351. The maximum absolute atomic E-state index is 13.2. The second-order valence-corrected chi connectivity index (χ2v) is 10.7. The number of thiazole rings is 1. The summed E-state index contributed by atoms with van der Waals surface area (Å²) in [5, 5.41) is 6.11. The van der Waals surface area contributed by atoms with Crippen LogP contribution >= 0.6 is 11.3 Å². The lowest BCUT2D eigenvalue weighted by atomic mass is 9.89. The van der Waals surface area contributed by atoms with E-state index in [2.05, 4.69) is 76.3 Å². The zero-order valence-corrected chi connectivity index (χ0v) is 22.4. The van der Waals surface area contributed by atoms with Crippen molar-refractivity contribution in [3.63, 3.8) is 0 Å². The molecule has 0 aliphatic carbocycles. The molecule has 2 aromatic heterocycles. The van der Waals surface area contributed by atoms with Crippen LogP contribution in [0.3, 0.4) is 0 Å². The Labute approximate surface area is 223 Å². The van der Waals surface area contributed by atoms with E-state index in [1.807, 2.05) is 42.0 Å². The monoisotopic (exact) mass is 511 g/mol. The van der Waals surface area contributed by atoms with Crippen LogP contribution in [-0.2, 0) is 0 Å². The Morgan fingerprint density at radius 1 is 1.00 bits per heavy atom. The second kappa shape index (κ2) is 11.3. The molecule has 2 unspecified atom stereocenters. The predicted octanol–water partition coefficient (Wildman–Crippen LogP) is 5.59. The molecule has 1 amide bonds. The molecule has 0 spiro atoms. The lowest BCUT2D eigenvalue weighted by Gasteiger charge is -2.36. The van der Waals surface area contributed by atoms with Crippen molar-refractivity contribution in [1.82, 2.24) is 19.8 Å². The first-order valence-corrected chi connectivity index (χ1v) is 13.6. The summed E-state index contributed by atoms with van der Waals surface area (Å²) in [6.45, 7) is 8.65. The Morgan fingerprint density at radius 2 is 1.78 bits per heavy atom. The maximum atomic E-state index is 13.2. The number of nitrogens with zero attached hydrogens (tertiary/aromatic N) is 4. The topological polar surface area (TPSA) is 61.4 Å². The van der Waals surface area contributed by atoms with Crippen LogP contribution in [0.2, 0.25) is 0 Å². The van der Waals surface area contributed by atoms with E-state index in [-0.39, 0.29) is 11.8 Å². The van der Waals surface area contributed by atoms with Gasteiger partial charge in [-0.1, -0.05) is 24.3 Å². The molecule has 1 saturated heterocycles. The van der Waals surface area contributed by atoms with Gasteiger partial charge in [-0.05, 0) is 73.5 Å². The molecule has 2 atom stereocenters. The van der Waals surface area contributed by atoms with Crippen LogP contribution in [0.5, 0.6) is 0 Å². The van der Waals surface area contributed by atoms with Crippen LogP contribution in [0, 0.1) is 6.92 Å². The number of benzene rings is 2. The first-order chi connectivity index (χ1) is 18.0. The van der Waals surface area contributed by atoms with Gasteiger partial charge in [0.15, 0.2) is 0 Å². The number of hydrogen-bond donors (Lipinski definition) is 1. The van der Waals surface area contributed by atoms with Crippen molar-refractivity contribution in [3.8, 4) is 0 Å². The molecule has 0 bridgehead atoms. The molecule has 1 fully saturated rings. The molecule has 2 aromatic carbocycles. The average molecular weight is 512 g/mol. The smallest absolute Gasteiger partial charge is 0.255 e. The van der Waals surface area contributed by atoms with Gasteiger partial charge in [0.25, 0.3) is 5.91 Å². The summed E-state index contributed by atoms with van der Waals surface area (Å²) >= 11 is 1.63. The number of pyridine rings is 1. The van der Waals surface area contributed by atoms with Crippen molar-refractivity contribution in [2.24, 2.45) is 0 Å². The number of carbonyl (C=O) groups is 1.